The van der Waals surface area contributed by atoms with E-state index in [0.717, 1.165) is 26.5 Å². The number of thiazole rings is 1. The summed E-state index contributed by atoms with van der Waals surface area (Å²) in [6.45, 7) is 0.897. The van der Waals surface area contributed by atoms with Gasteiger partial charge in [0, 0.05) is 5.56 Å². The van der Waals surface area contributed by atoms with Gasteiger partial charge in [-0.15, -0.1) is 11.3 Å². The predicted octanol–water partition coefficient (Wildman–Crippen LogP) is 4.81. The molecule has 4 nitrogen and oxygen atoms in total. The molecule has 0 unspecified atom stereocenters. The van der Waals surface area contributed by atoms with Crippen LogP contribution in [0.4, 0.5) is 0 Å². The lowest BCUT2D eigenvalue weighted by molar-refractivity contribution is 0.0951. The van der Waals surface area contributed by atoms with Crippen LogP contribution in [0.3, 0.4) is 0 Å². The van der Waals surface area contributed by atoms with Crippen molar-refractivity contribution in [3.05, 3.63) is 95.0 Å². The number of hydrogen-bond acceptors (Lipinski definition) is 4. The topological polar surface area (TPSA) is 51.2 Å². The highest BCUT2D eigenvalue weighted by atomic mass is 32.1. The first-order valence-corrected chi connectivity index (χ1v) is 9.49. The van der Waals surface area contributed by atoms with Gasteiger partial charge in [-0.1, -0.05) is 42.5 Å². The number of ether oxygens (including phenoxy) is 1. The summed E-state index contributed by atoms with van der Waals surface area (Å²) >= 11 is 1.60. The van der Waals surface area contributed by atoms with Crippen LogP contribution in [0.2, 0.25) is 0 Å². The Hall–Kier alpha value is -3.18. The van der Waals surface area contributed by atoms with E-state index in [-0.39, 0.29) is 5.91 Å². The van der Waals surface area contributed by atoms with Gasteiger partial charge in [0.2, 0.25) is 0 Å². The molecule has 0 saturated carbocycles. The molecule has 0 aliphatic rings. The first kappa shape index (κ1) is 17.2. The monoisotopic (exact) mass is 374 g/mol. The Kier molecular flexibility index (Phi) is 5.12. The number of hydrogen-bond donors (Lipinski definition) is 1. The molecule has 4 rings (SSSR count). The molecule has 4 aromatic rings. The minimum Gasteiger partial charge on any atom is -0.489 e. The maximum absolute atomic E-state index is 12.4. The summed E-state index contributed by atoms with van der Waals surface area (Å²) in [5, 5.41) is 3.83. The molecule has 0 atom stereocenters. The van der Waals surface area contributed by atoms with Crippen molar-refractivity contribution in [3.8, 4) is 5.75 Å². The Labute approximate surface area is 161 Å². The number of para-hydroxylation sites is 2. The Morgan fingerprint density at radius 2 is 1.67 bits per heavy atom. The quantitative estimate of drug-likeness (QED) is 0.527. The largest absolute Gasteiger partial charge is 0.489 e. The van der Waals surface area contributed by atoms with Gasteiger partial charge < -0.3 is 10.1 Å². The van der Waals surface area contributed by atoms with E-state index in [0.29, 0.717) is 18.7 Å². The molecule has 0 saturated heterocycles. The van der Waals surface area contributed by atoms with E-state index in [1.165, 1.54) is 0 Å². The molecule has 1 aromatic heterocycles. The number of aromatic nitrogens is 1. The number of rotatable bonds is 6. The number of amides is 1. The van der Waals surface area contributed by atoms with E-state index in [2.05, 4.69) is 10.3 Å². The van der Waals surface area contributed by atoms with Gasteiger partial charge in [0.25, 0.3) is 5.91 Å². The molecule has 1 heterocycles. The maximum Gasteiger partial charge on any atom is 0.251 e. The predicted molar refractivity (Wildman–Crippen MR) is 108 cm³/mol. The summed E-state index contributed by atoms with van der Waals surface area (Å²) in [7, 11) is 0. The third kappa shape index (κ3) is 4.33. The zero-order valence-corrected chi connectivity index (χ0v) is 15.4. The van der Waals surface area contributed by atoms with Crippen LogP contribution >= 0.6 is 11.3 Å². The summed E-state index contributed by atoms with van der Waals surface area (Å²) in [5.41, 5.74) is 2.61. The minimum absolute atomic E-state index is 0.107. The van der Waals surface area contributed by atoms with Crippen LogP contribution < -0.4 is 10.1 Å². The number of fused-ring (bicyclic) bond motifs is 1. The van der Waals surface area contributed by atoms with Crippen molar-refractivity contribution in [2.45, 2.75) is 13.2 Å². The van der Waals surface area contributed by atoms with Gasteiger partial charge in [0.1, 0.15) is 17.4 Å². The second-order valence-corrected chi connectivity index (χ2v) is 7.17. The first-order chi connectivity index (χ1) is 13.3. The molecular weight excluding hydrogens is 356 g/mol. The molecule has 134 valence electrons. The molecule has 0 spiro atoms. The average Bonchev–Trinajstić information content (AvgIpc) is 3.15. The fourth-order valence-electron chi connectivity index (χ4n) is 2.69. The molecule has 0 aliphatic carbocycles. The Bertz CT molecular complexity index is 1010. The number of carbonyl (C=O) groups is 1. The lowest BCUT2D eigenvalue weighted by atomic mass is 10.1. The van der Waals surface area contributed by atoms with Crippen LogP contribution in [0.15, 0.2) is 78.9 Å². The highest BCUT2D eigenvalue weighted by molar-refractivity contribution is 7.18. The molecule has 27 heavy (non-hydrogen) atoms. The zero-order valence-electron chi connectivity index (χ0n) is 14.6. The van der Waals surface area contributed by atoms with E-state index in [1.807, 2.05) is 78.9 Å². The fourth-order valence-corrected chi connectivity index (χ4v) is 3.60. The van der Waals surface area contributed by atoms with Crippen molar-refractivity contribution >= 4 is 27.5 Å². The van der Waals surface area contributed by atoms with E-state index >= 15 is 0 Å². The van der Waals surface area contributed by atoms with Gasteiger partial charge in [-0.2, -0.15) is 0 Å². The van der Waals surface area contributed by atoms with E-state index in [4.69, 9.17) is 4.74 Å². The maximum atomic E-state index is 12.4. The summed E-state index contributed by atoms with van der Waals surface area (Å²) in [6, 6.07) is 25.1. The van der Waals surface area contributed by atoms with Crippen LogP contribution in [-0.4, -0.2) is 10.9 Å². The van der Waals surface area contributed by atoms with Gasteiger partial charge >= 0.3 is 0 Å². The SMILES string of the molecule is O=C(NCc1nc2ccccc2s1)c1ccc(COc2ccccc2)cc1. The summed E-state index contributed by atoms with van der Waals surface area (Å²) in [6.07, 6.45) is 0. The highest BCUT2D eigenvalue weighted by Crippen LogP contribution is 2.21. The second-order valence-electron chi connectivity index (χ2n) is 6.06. The Morgan fingerprint density at radius 1 is 0.926 bits per heavy atom. The smallest absolute Gasteiger partial charge is 0.251 e. The number of nitrogens with one attached hydrogen (secondary N) is 1. The third-order valence-corrected chi connectivity index (χ3v) is 5.14. The van der Waals surface area contributed by atoms with Crippen molar-refractivity contribution in [2.75, 3.05) is 0 Å². The molecule has 0 radical (unpaired) electrons. The summed E-state index contributed by atoms with van der Waals surface area (Å²) < 4.78 is 6.85. The number of benzene rings is 3. The fraction of sp³-hybridized carbons (Fsp3) is 0.0909. The summed E-state index contributed by atoms with van der Waals surface area (Å²) in [5.74, 6) is 0.722. The van der Waals surface area contributed by atoms with Crippen molar-refractivity contribution < 1.29 is 9.53 Å². The van der Waals surface area contributed by atoms with Gasteiger partial charge in [0.15, 0.2) is 0 Å². The molecule has 5 heteroatoms. The third-order valence-electron chi connectivity index (χ3n) is 4.10. The van der Waals surface area contributed by atoms with Crippen LogP contribution in [0.25, 0.3) is 10.2 Å². The first-order valence-electron chi connectivity index (χ1n) is 8.67. The molecule has 0 fully saturated rings. The van der Waals surface area contributed by atoms with Crippen LogP contribution in [0.1, 0.15) is 20.9 Å². The van der Waals surface area contributed by atoms with Gasteiger partial charge in [-0.3, -0.25) is 4.79 Å². The van der Waals surface area contributed by atoms with E-state index in [9.17, 15) is 4.79 Å². The lowest BCUT2D eigenvalue weighted by Crippen LogP contribution is -2.22. The average molecular weight is 374 g/mol. The minimum atomic E-state index is -0.107. The van der Waals surface area contributed by atoms with Crippen molar-refractivity contribution in [1.82, 2.24) is 10.3 Å². The van der Waals surface area contributed by atoms with Gasteiger partial charge in [0.05, 0.1) is 16.8 Å². The number of nitrogens with zero attached hydrogens (tertiary/aromatic N) is 1. The van der Waals surface area contributed by atoms with Gasteiger partial charge in [-0.25, -0.2) is 4.98 Å². The molecule has 3 aromatic carbocycles. The molecule has 1 N–H and O–H groups in total. The molecule has 1 amide bonds. The molecule has 0 aliphatic heterocycles. The normalized spacial score (nSPS) is 10.7. The van der Waals surface area contributed by atoms with Gasteiger partial charge in [-0.05, 0) is 42.0 Å². The van der Waals surface area contributed by atoms with E-state index in [1.54, 1.807) is 11.3 Å². The van der Waals surface area contributed by atoms with Crippen LogP contribution in [0.5, 0.6) is 5.75 Å². The Balaban J connectivity index is 1.33. The molecule has 0 bridgehead atoms. The highest BCUT2D eigenvalue weighted by Gasteiger charge is 2.08. The van der Waals surface area contributed by atoms with Crippen LogP contribution in [-0.2, 0) is 13.2 Å². The van der Waals surface area contributed by atoms with Crippen molar-refractivity contribution in [2.24, 2.45) is 0 Å². The lowest BCUT2D eigenvalue weighted by Gasteiger charge is -2.07. The van der Waals surface area contributed by atoms with E-state index < -0.39 is 0 Å². The number of carbonyl (C=O) groups excluding carboxylic acids is 1. The Morgan fingerprint density at radius 3 is 2.44 bits per heavy atom. The van der Waals surface area contributed by atoms with Crippen molar-refractivity contribution in [3.63, 3.8) is 0 Å². The summed E-state index contributed by atoms with van der Waals surface area (Å²) in [4.78, 5) is 16.9. The zero-order chi connectivity index (χ0) is 18.5. The standard InChI is InChI=1S/C22H18N2O2S/c25-22(23-14-21-24-19-8-4-5-9-20(19)27-21)17-12-10-16(11-13-17)15-26-18-6-2-1-3-7-18/h1-13H,14-15H2,(H,23,25). The molecular formula is C22H18N2O2S. The van der Waals surface area contributed by atoms with Crippen LogP contribution in [0, 0.1) is 0 Å². The van der Waals surface area contributed by atoms with Crippen molar-refractivity contribution in [1.29, 1.82) is 0 Å². The second kappa shape index (κ2) is 8.01.